The van der Waals surface area contributed by atoms with Crippen molar-refractivity contribution in [3.63, 3.8) is 0 Å². The van der Waals surface area contributed by atoms with E-state index in [0.29, 0.717) is 23.9 Å². The third-order valence-electron chi connectivity index (χ3n) is 6.54. The smallest absolute Gasteiger partial charge is 0.224 e. The molecule has 200 valence electrons. The molecule has 0 radical (unpaired) electrons. The molecule has 0 aliphatic heterocycles. The summed E-state index contributed by atoms with van der Waals surface area (Å²) in [5, 5.41) is 3.56. The molecular formula is C31H48ClN2O2+. The van der Waals surface area contributed by atoms with Gasteiger partial charge in [0, 0.05) is 24.6 Å². The standard InChI is InChI=1S/C31H47ClN2O2/c1-3-5-6-7-8-9-10-11-12-13-14-15-23-36-29-20-16-19-28(31(29)32)24-30(35)33-25-27-18-17-22-34(26-27)21-4-2/h16-20,22,26H,3-15,21,23-25H2,1-2H3/p+1. The fourth-order valence-electron chi connectivity index (χ4n) is 4.44. The summed E-state index contributed by atoms with van der Waals surface area (Å²) < 4.78 is 8.10. The summed E-state index contributed by atoms with van der Waals surface area (Å²) in [6.45, 7) is 6.58. The molecule has 0 spiro atoms. The molecule has 4 nitrogen and oxygen atoms in total. The number of hydrogen-bond acceptors (Lipinski definition) is 2. The highest BCUT2D eigenvalue weighted by molar-refractivity contribution is 6.33. The minimum absolute atomic E-state index is 0.0408. The quantitative estimate of drug-likeness (QED) is 0.143. The van der Waals surface area contributed by atoms with Crippen molar-refractivity contribution in [3.8, 4) is 5.75 Å². The number of hydrogen-bond donors (Lipinski definition) is 1. The zero-order chi connectivity index (χ0) is 25.8. The number of ether oxygens (including phenoxy) is 1. The molecule has 36 heavy (non-hydrogen) atoms. The van der Waals surface area contributed by atoms with Gasteiger partial charge in [0.1, 0.15) is 12.3 Å². The number of carbonyl (C=O) groups excluding carboxylic acids is 1. The molecule has 0 bridgehead atoms. The van der Waals surface area contributed by atoms with Gasteiger partial charge in [-0.2, -0.15) is 0 Å². The summed E-state index contributed by atoms with van der Waals surface area (Å²) in [6, 6.07) is 9.75. The van der Waals surface area contributed by atoms with Gasteiger partial charge in [-0.05, 0) is 24.1 Å². The summed E-state index contributed by atoms with van der Waals surface area (Å²) >= 11 is 6.57. The first kappa shape index (κ1) is 30.2. The molecule has 0 aliphatic rings. The van der Waals surface area contributed by atoms with Gasteiger partial charge < -0.3 is 10.1 Å². The van der Waals surface area contributed by atoms with Crippen molar-refractivity contribution in [3.05, 3.63) is 58.9 Å². The van der Waals surface area contributed by atoms with Crippen LogP contribution in [0, 0.1) is 0 Å². The molecule has 0 atom stereocenters. The molecule has 2 aromatic rings. The topological polar surface area (TPSA) is 42.2 Å². The van der Waals surface area contributed by atoms with Crippen LogP contribution in [0.25, 0.3) is 0 Å². The lowest BCUT2D eigenvalue weighted by molar-refractivity contribution is -0.697. The molecule has 5 heteroatoms. The van der Waals surface area contributed by atoms with Crippen molar-refractivity contribution in [2.24, 2.45) is 0 Å². The Hall–Kier alpha value is -2.07. The number of nitrogens with one attached hydrogen (secondary N) is 1. The van der Waals surface area contributed by atoms with E-state index in [1.165, 1.54) is 70.6 Å². The number of amides is 1. The van der Waals surface area contributed by atoms with E-state index in [4.69, 9.17) is 16.3 Å². The molecule has 1 N–H and O–H groups in total. The van der Waals surface area contributed by atoms with E-state index in [0.717, 1.165) is 30.5 Å². The van der Waals surface area contributed by atoms with E-state index >= 15 is 0 Å². The largest absolute Gasteiger partial charge is 0.492 e. The highest BCUT2D eigenvalue weighted by Gasteiger charge is 2.12. The number of rotatable bonds is 20. The third kappa shape index (κ3) is 12.8. The van der Waals surface area contributed by atoms with Crippen LogP contribution in [0.5, 0.6) is 5.75 Å². The average Bonchev–Trinajstić information content (AvgIpc) is 2.88. The lowest BCUT2D eigenvalue weighted by atomic mass is 10.1. The van der Waals surface area contributed by atoms with Gasteiger partial charge >= 0.3 is 0 Å². The van der Waals surface area contributed by atoms with Gasteiger partial charge in [0.05, 0.1) is 18.1 Å². The van der Waals surface area contributed by atoms with Crippen molar-refractivity contribution in [2.75, 3.05) is 6.61 Å². The number of unbranched alkanes of at least 4 members (excludes halogenated alkanes) is 11. The average molecular weight is 516 g/mol. The fourth-order valence-corrected chi connectivity index (χ4v) is 4.69. The van der Waals surface area contributed by atoms with Crippen LogP contribution in [0.2, 0.25) is 5.02 Å². The summed E-state index contributed by atoms with van der Waals surface area (Å²) in [4.78, 5) is 12.5. The van der Waals surface area contributed by atoms with E-state index < -0.39 is 0 Å². The number of pyridine rings is 1. The van der Waals surface area contributed by atoms with E-state index in [2.05, 4.69) is 36.1 Å². The number of benzene rings is 1. The minimum atomic E-state index is -0.0408. The second-order valence-corrected chi connectivity index (χ2v) is 10.2. The second-order valence-electron chi connectivity index (χ2n) is 9.87. The van der Waals surface area contributed by atoms with Crippen LogP contribution >= 0.6 is 11.6 Å². The maximum Gasteiger partial charge on any atom is 0.224 e. The van der Waals surface area contributed by atoms with Gasteiger partial charge in [0.25, 0.3) is 0 Å². The molecule has 1 aromatic carbocycles. The fraction of sp³-hybridized carbons (Fsp3) is 0.613. The predicted octanol–water partition coefficient (Wildman–Crippen LogP) is 7.98. The first-order chi connectivity index (χ1) is 17.6. The number of carbonyl (C=O) groups is 1. The maximum absolute atomic E-state index is 12.5. The zero-order valence-electron chi connectivity index (χ0n) is 22.7. The molecular weight excluding hydrogens is 468 g/mol. The Balaban J connectivity index is 1.61. The van der Waals surface area contributed by atoms with Crippen LogP contribution in [0.1, 0.15) is 108 Å². The van der Waals surface area contributed by atoms with E-state index in [1.807, 2.05) is 30.3 Å². The monoisotopic (exact) mass is 515 g/mol. The van der Waals surface area contributed by atoms with E-state index in [-0.39, 0.29) is 12.3 Å². The van der Waals surface area contributed by atoms with Crippen LogP contribution < -0.4 is 14.6 Å². The van der Waals surface area contributed by atoms with Crippen LogP contribution in [0.15, 0.2) is 42.7 Å². The van der Waals surface area contributed by atoms with Gasteiger partial charge in [-0.25, -0.2) is 4.57 Å². The van der Waals surface area contributed by atoms with Crippen molar-refractivity contribution < 1.29 is 14.1 Å². The van der Waals surface area contributed by atoms with Gasteiger partial charge in [-0.1, -0.05) is 108 Å². The van der Waals surface area contributed by atoms with Crippen LogP contribution in [-0.4, -0.2) is 12.5 Å². The Morgan fingerprint density at radius 3 is 2.19 bits per heavy atom. The summed E-state index contributed by atoms with van der Waals surface area (Å²) in [5.74, 6) is 0.634. The van der Waals surface area contributed by atoms with Crippen molar-refractivity contribution >= 4 is 17.5 Å². The van der Waals surface area contributed by atoms with Gasteiger partial charge in [0.2, 0.25) is 5.91 Å². The summed E-state index contributed by atoms with van der Waals surface area (Å²) in [7, 11) is 0. The number of nitrogens with zero attached hydrogens (tertiary/aromatic N) is 1. The van der Waals surface area contributed by atoms with Gasteiger partial charge in [0.15, 0.2) is 12.4 Å². The van der Waals surface area contributed by atoms with Crippen molar-refractivity contribution in [1.82, 2.24) is 5.32 Å². The molecule has 0 saturated heterocycles. The first-order valence-corrected chi connectivity index (χ1v) is 14.7. The molecule has 1 aromatic heterocycles. The van der Waals surface area contributed by atoms with Crippen LogP contribution in [-0.2, 0) is 24.3 Å². The molecule has 0 aliphatic carbocycles. The van der Waals surface area contributed by atoms with Crippen molar-refractivity contribution in [2.45, 2.75) is 117 Å². The highest BCUT2D eigenvalue weighted by Crippen LogP contribution is 2.28. The lowest BCUT2D eigenvalue weighted by Crippen LogP contribution is -2.34. The van der Waals surface area contributed by atoms with Crippen LogP contribution in [0.3, 0.4) is 0 Å². The summed E-state index contributed by atoms with van der Waals surface area (Å²) in [6.07, 6.45) is 21.3. The van der Waals surface area contributed by atoms with Gasteiger partial charge in [-0.15, -0.1) is 0 Å². The number of aromatic nitrogens is 1. The zero-order valence-corrected chi connectivity index (χ0v) is 23.5. The van der Waals surface area contributed by atoms with E-state index in [1.54, 1.807) is 0 Å². The number of halogens is 1. The summed E-state index contributed by atoms with van der Waals surface area (Å²) in [5.41, 5.74) is 1.89. The van der Waals surface area contributed by atoms with E-state index in [9.17, 15) is 4.79 Å². The SMILES string of the molecule is CCCCCCCCCCCCCCOc1cccc(CC(=O)NCc2ccc[n+](CCC)c2)c1Cl. The maximum atomic E-state index is 12.5. The Labute approximate surface area is 224 Å². The minimum Gasteiger partial charge on any atom is -0.492 e. The molecule has 2 rings (SSSR count). The van der Waals surface area contributed by atoms with Crippen LogP contribution in [0.4, 0.5) is 0 Å². The molecule has 1 heterocycles. The third-order valence-corrected chi connectivity index (χ3v) is 6.97. The van der Waals surface area contributed by atoms with Gasteiger partial charge in [-0.3, -0.25) is 4.79 Å². The number of aryl methyl sites for hydroxylation is 1. The molecule has 0 saturated carbocycles. The molecule has 1 amide bonds. The first-order valence-electron chi connectivity index (χ1n) is 14.3. The predicted molar refractivity (Wildman–Crippen MR) is 151 cm³/mol. The lowest BCUT2D eigenvalue weighted by Gasteiger charge is -2.12. The second kappa shape index (κ2) is 19.1. The van der Waals surface area contributed by atoms with Crippen molar-refractivity contribution in [1.29, 1.82) is 0 Å². The Morgan fingerprint density at radius 2 is 1.53 bits per heavy atom. The normalized spacial score (nSPS) is 11.0. The molecule has 0 fully saturated rings. The highest BCUT2D eigenvalue weighted by atomic mass is 35.5. The Morgan fingerprint density at radius 1 is 0.861 bits per heavy atom. The Kier molecular flexibility index (Phi) is 16.0. The Bertz CT molecular complexity index is 871. The molecule has 0 unspecified atom stereocenters.